The number of imide groups is 1. The molecule has 3 aromatic rings. The number of rotatable bonds is 7. The van der Waals surface area contributed by atoms with Crippen molar-refractivity contribution in [3.05, 3.63) is 100 Å². The zero-order chi connectivity index (χ0) is 25.8. The molecule has 8 nitrogen and oxygen atoms in total. The number of hydrogen-bond donors (Lipinski definition) is 2. The lowest BCUT2D eigenvalue weighted by Crippen LogP contribution is -2.32. The minimum Gasteiger partial charge on any atom is -0.465 e. The number of carbonyl (C=O) groups is 4. The summed E-state index contributed by atoms with van der Waals surface area (Å²) < 4.78 is 17.7. The van der Waals surface area contributed by atoms with E-state index in [9.17, 15) is 23.6 Å². The Kier molecular flexibility index (Phi) is 7.12. The number of benzene rings is 3. The monoisotopic (exact) mass is 507 g/mol. The van der Waals surface area contributed by atoms with Gasteiger partial charge in [-0.2, -0.15) is 0 Å². The fourth-order valence-electron chi connectivity index (χ4n) is 3.51. The first-order valence-corrected chi connectivity index (χ1v) is 11.0. The Morgan fingerprint density at radius 2 is 1.61 bits per heavy atom. The molecule has 0 saturated carbocycles. The third-order valence-electron chi connectivity index (χ3n) is 5.27. The molecule has 0 unspecified atom stereocenters. The normalized spacial score (nSPS) is 13.1. The number of carbonyl (C=O) groups excluding carboxylic acids is 4. The summed E-state index contributed by atoms with van der Waals surface area (Å²) in [6, 6.07) is 17.9. The number of esters is 1. The van der Waals surface area contributed by atoms with Gasteiger partial charge in [-0.25, -0.2) is 14.1 Å². The maximum Gasteiger partial charge on any atom is 0.337 e. The largest absolute Gasteiger partial charge is 0.465 e. The van der Waals surface area contributed by atoms with Gasteiger partial charge in [0.2, 0.25) is 5.91 Å². The lowest BCUT2D eigenvalue weighted by molar-refractivity contribution is -0.120. The lowest BCUT2D eigenvalue weighted by atomic mass is 10.1. The number of anilines is 3. The second kappa shape index (κ2) is 10.4. The predicted octanol–water partition coefficient (Wildman–Crippen LogP) is 4.23. The van der Waals surface area contributed by atoms with Crippen LogP contribution in [0.3, 0.4) is 0 Å². The van der Waals surface area contributed by atoms with Crippen LogP contribution in [0.5, 0.6) is 0 Å². The van der Waals surface area contributed by atoms with Crippen LogP contribution in [-0.4, -0.2) is 30.8 Å². The summed E-state index contributed by atoms with van der Waals surface area (Å²) in [6.45, 7) is 0. The molecule has 3 aromatic carbocycles. The summed E-state index contributed by atoms with van der Waals surface area (Å²) in [5, 5.41) is 5.23. The van der Waals surface area contributed by atoms with Crippen LogP contribution >= 0.6 is 11.6 Å². The van der Waals surface area contributed by atoms with Gasteiger partial charge >= 0.3 is 5.97 Å². The SMILES string of the molecule is COC(=O)c1cccc(N2C(=O)C(Cl)=C(Nc3ccc(CC(=O)Nc4ccc(F)cc4)cc3)C2=O)c1. The lowest BCUT2D eigenvalue weighted by Gasteiger charge is -2.16. The van der Waals surface area contributed by atoms with E-state index >= 15 is 0 Å². The molecule has 0 radical (unpaired) electrons. The molecule has 0 fully saturated rings. The van der Waals surface area contributed by atoms with Gasteiger partial charge in [0.1, 0.15) is 16.5 Å². The molecule has 0 spiro atoms. The van der Waals surface area contributed by atoms with Gasteiger partial charge in [-0.15, -0.1) is 0 Å². The molecule has 4 rings (SSSR count). The van der Waals surface area contributed by atoms with Crippen LogP contribution in [0.4, 0.5) is 21.5 Å². The number of methoxy groups -OCH3 is 1. The maximum absolute atomic E-state index is 13.0. The molecule has 10 heteroatoms. The van der Waals surface area contributed by atoms with Crippen LogP contribution in [0.15, 0.2) is 83.5 Å². The minimum absolute atomic E-state index is 0.0723. The standard InChI is InChI=1S/C26H19ClFN3O5/c1-36-26(35)16-3-2-4-20(14-16)31-24(33)22(27)23(25(31)34)30-19-9-5-15(6-10-19)13-21(32)29-18-11-7-17(28)8-12-18/h2-12,14,30H,13H2,1H3,(H,29,32). The van der Waals surface area contributed by atoms with E-state index < -0.39 is 23.6 Å². The molecule has 0 atom stereocenters. The van der Waals surface area contributed by atoms with E-state index in [0.717, 1.165) is 4.90 Å². The average molecular weight is 508 g/mol. The number of nitrogens with one attached hydrogen (secondary N) is 2. The van der Waals surface area contributed by atoms with Crippen molar-refractivity contribution in [3.8, 4) is 0 Å². The Morgan fingerprint density at radius 3 is 2.28 bits per heavy atom. The van der Waals surface area contributed by atoms with E-state index in [0.29, 0.717) is 16.9 Å². The quantitative estimate of drug-likeness (QED) is 0.366. The molecule has 0 saturated heterocycles. The van der Waals surface area contributed by atoms with Crippen LogP contribution in [0.25, 0.3) is 0 Å². The fourth-order valence-corrected chi connectivity index (χ4v) is 3.72. The highest BCUT2D eigenvalue weighted by Gasteiger charge is 2.39. The van der Waals surface area contributed by atoms with E-state index in [1.807, 2.05) is 0 Å². The molecule has 1 aliphatic heterocycles. The smallest absolute Gasteiger partial charge is 0.337 e. The molecule has 2 N–H and O–H groups in total. The van der Waals surface area contributed by atoms with E-state index in [1.165, 1.54) is 55.6 Å². The second-order valence-corrected chi connectivity index (χ2v) is 8.11. The van der Waals surface area contributed by atoms with Crippen molar-refractivity contribution in [1.82, 2.24) is 0 Å². The first kappa shape index (κ1) is 24.6. The summed E-state index contributed by atoms with van der Waals surface area (Å²) in [5.41, 5.74) is 1.87. The van der Waals surface area contributed by atoms with Gasteiger partial charge < -0.3 is 15.4 Å². The Bertz CT molecular complexity index is 1390. The van der Waals surface area contributed by atoms with Gasteiger partial charge in [-0.3, -0.25) is 14.4 Å². The molecule has 0 aliphatic carbocycles. The highest BCUT2D eigenvalue weighted by atomic mass is 35.5. The van der Waals surface area contributed by atoms with Crippen molar-refractivity contribution < 1.29 is 28.3 Å². The zero-order valence-electron chi connectivity index (χ0n) is 18.9. The van der Waals surface area contributed by atoms with Crippen LogP contribution in [0.1, 0.15) is 15.9 Å². The van der Waals surface area contributed by atoms with Crippen LogP contribution in [0, 0.1) is 5.82 Å². The van der Waals surface area contributed by atoms with Crippen LogP contribution in [-0.2, 0) is 25.5 Å². The third kappa shape index (κ3) is 5.26. The summed E-state index contributed by atoms with van der Waals surface area (Å²) in [5.74, 6) is -2.71. The molecule has 0 aromatic heterocycles. The van der Waals surface area contributed by atoms with Gasteiger partial charge in [0.05, 0.1) is 24.8 Å². The highest BCUT2D eigenvalue weighted by Crippen LogP contribution is 2.30. The Labute approximate surface area is 210 Å². The molecule has 3 amide bonds. The zero-order valence-corrected chi connectivity index (χ0v) is 19.6. The van der Waals surface area contributed by atoms with Gasteiger partial charge in [-0.05, 0) is 60.2 Å². The summed E-state index contributed by atoms with van der Waals surface area (Å²) >= 11 is 6.17. The molecule has 182 valence electrons. The van der Waals surface area contributed by atoms with E-state index in [2.05, 4.69) is 15.4 Å². The molecule has 1 heterocycles. The average Bonchev–Trinajstić information content (AvgIpc) is 3.09. The number of halogens is 2. The van der Waals surface area contributed by atoms with Crippen molar-refractivity contribution in [2.45, 2.75) is 6.42 Å². The molecular weight excluding hydrogens is 489 g/mol. The van der Waals surface area contributed by atoms with Gasteiger partial charge in [0.25, 0.3) is 11.8 Å². The Morgan fingerprint density at radius 1 is 0.944 bits per heavy atom. The summed E-state index contributed by atoms with van der Waals surface area (Å²) in [6.07, 6.45) is 0.0723. The van der Waals surface area contributed by atoms with Crippen molar-refractivity contribution >= 4 is 52.4 Å². The predicted molar refractivity (Wildman–Crippen MR) is 132 cm³/mol. The topological polar surface area (TPSA) is 105 Å². The van der Waals surface area contributed by atoms with E-state index in [1.54, 1.807) is 24.3 Å². The van der Waals surface area contributed by atoms with Crippen molar-refractivity contribution in [1.29, 1.82) is 0 Å². The maximum atomic E-state index is 13.0. The highest BCUT2D eigenvalue weighted by molar-refractivity contribution is 6.53. The third-order valence-corrected chi connectivity index (χ3v) is 5.62. The number of amides is 3. The molecule has 1 aliphatic rings. The molecular formula is C26H19ClFN3O5. The molecule has 0 bridgehead atoms. The van der Waals surface area contributed by atoms with E-state index in [4.69, 9.17) is 11.6 Å². The Balaban J connectivity index is 1.43. The first-order valence-electron chi connectivity index (χ1n) is 10.6. The summed E-state index contributed by atoms with van der Waals surface area (Å²) in [4.78, 5) is 50.6. The number of hydrogen-bond acceptors (Lipinski definition) is 6. The second-order valence-electron chi connectivity index (χ2n) is 7.73. The minimum atomic E-state index is -0.736. The first-order chi connectivity index (χ1) is 17.3. The van der Waals surface area contributed by atoms with Crippen molar-refractivity contribution in [3.63, 3.8) is 0 Å². The van der Waals surface area contributed by atoms with Gasteiger partial charge in [-0.1, -0.05) is 29.8 Å². The van der Waals surface area contributed by atoms with Gasteiger partial charge in [0, 0.05) is 11.4 Å². The number of ether oxygens (including phenoxy) is 1. The number of nitrogens with zero attached hydrogens (tertiary/aromatic N) is 1. The van der Waals surface area contributed by atoms with E-state index in [-0.39, 0.29) is 34.3 Å². The molecule has 36 heavy (non-hydrogen) atoms. The van der Waals surface area contributed by atoms with Crippen LogP contribution < -0.4 is 15.5 Å². The van der Waals surface area contributed by atoms with Crippen LogP contribution in [0.2, 0.25) is 0 Å². The summed E-state index contributed by atoms with van der Waals surface area (Å²) in [7, 11) is 1.23. The van der Waals surface area contributed by atoms with Crippen molar-refractivity contribution in [2.75, 3.05) is 22.6 Å². The Hall–Kier alpha value is -4.50. The van der Waals surface area contributed by atoms with Gasteiger partial charge in [0.15, 0.2) is 0 Å². The fraction of sp³-hybridized carbons (Fsp3) is 0.0769. The van der Waals surface area contributed by atoms with Crippen molar-refractivity contribution in [2.24, 2.45) is 0 Å².